The Hall–Kier alpha value is -1.76. The van der Waals surface area contributed by atoms with Crippen LogP contribution in [0.5, 0.6) is 0 Å². The molecule has 0 fully saturated rings. The Kier molecular flexibility index (Phi) is 3.19. The van der Waals surface area contributed by atoms with Crippen LogP contribution in [0.25, 0.3) is 11.1 Å². The average Bonchev–Trinajstić information content (AvgIpc) is 2.29. The highest BCUT2D eigenvalue weighted by Gasteiger charge is 2.09. The molecule has 0 aliphatic carbocycles. The molecule has 1 heteroatoms. The van der Waals surface area contributed by atoms with Gasteiger partial charge in [0.1, 0.15) is 0 Å². The average molecular weight is 225 g/mol. The van der Waals surface area contributed by atoms with Crippen LogP contribution in [0, 0.1) is 6.92 Å². The summed E-state index contributed by atoms with van der Waals surface area (Å²) >= 11 is 0. The zero-order chi connectivity index (χ0) is 12.4. The summed E-state index contributed by atoms with van der Waals surface area (Å²) in [4.78, 5) is 0. The van der Waals surface area contributed by atoms with Gasteiger partial charge in [0.05, 0.1) is 0 Å². The zero-order valence-corrected chi connectivity index (χ0v) is 10.7. The molecule has 0 amide bonds. The Morgan fingerprint density at radius 2 is 1.65 bits per heavy atom. The lowest BCUT2D eigenvalue weighted by Gasteiger charge is -2.15. The first-order valence-corrected chi connectivity index (χ1v) is 6.05. The smallest absolute Gasteiger partial charge is 0.0317 e. The highest BCUT2D eigenvalue weighted by atomic mass is 14.5. The number of nitrogens with two attached hydrogens (primary N) is 1. The first kappa shape index (κ1) is 11.7. The van der Waals surface area contributed by atoms with Gasteiger partial charge in [0.2, 0.25) is 0 Å². The molecule has 2 N–H and O–H groups in total. The Labute approximate surface area is 103 Å². The Balaban J connectivity index is 2.60. The Morgan fingerprint density at radius 1 is 0.941 bits per heavy atom. The number of aryl methyl sites for hydroxylation is 1. The molecule has 0 unspecified atom stereocenters. The molecular weight excluding hydrogens is 206 g/mol. The van der Waals surface area contributed by atoms with E-state index in [2.05, 4.69) is 51.1 Å². The van der Waals surface area contributed by atoms with Crippen molar-refractivity contribution in [3.05, 3.63) is 53.6 Å². The maximum absolute atomic E-state index is 5.80. The molecule has 0 aliphatic rings. The fraction of sp³-hybridized carbons (Fsp3) is 0.250. The van der Waals surface area contributed by atoms with Crippen LogP contribution in [0.1, 0.15) is 30.9 Å². The van der Waals surface area contributed by atoms with Gasteiger partial charge in [0.15, 0.2) is 0 Å². The Bertz CT molecular complexity index is 527. The Morgan fingerprint density at radius 3 is 2.29 bits per heavy atom. The van der Waals surface area contributed by atoms with Crippen LogP contribution in [0.4, 0.5) is 5.69 Å². The van der Waals surface area contributed by atoms with Crippen LogP contribution in [0.15, 0.2) is 42.5 Å². The first-order valence-electron chi connectivity index (χ1n) is 6.05. The van der Waals surface area contributed by atoms with Gasteiger partial charge < -0.3 is 5.73 Å². The van der Waals surface area contributed by atoms with Crippen molar-refractivity contribution in [1.29, 1.82) is 0 Å². The van der Waals surface area contributed by atoms with E-state index < -0.39 is 0 Å². The summed E-state index contributed by atoms with van der Waals surface area (Å²) in [5.41, 5.74) is 11.9. The van der Waals surface area contributed by atoms with Crippen LogP contribution in [0.3, 0.4) is 0 Å². The molecule has 88 valence electrons. The number of nitrogen functional groups attached to an aromatic ring is 1. The standard InChI is InChI=1S/C16H19N/c1-11(2)14-6-4-5-7-16(14)15-9-8-13(17)10-12(15)3/h4-11H,17H2,1-3H3. The molecule has 0 spiro atoms. The molecule has 0 aromatic heterocycles. The summed E-state index contributed by atoms with van der Waals surface area (Å²) in [7, 11) is 0. The maximum atomic E-state index is 5.80. The van der Waals surface area contributed by atoms with Crippen LogP contribution >= 0.6 is 0 Å². The summed E-state index contributed by atoms with van der Waals surface area (Å²) in [5, 5.41) is 0. The molecular formula is C16H19N. The van der Waals surface area contributed by atoms with Crippen LogP contribution in [-0.4, -0.2) is 0 Å². The minimum atomic E-state index is 0.531. The third-order valence-corrected chi connectivity index (χ3v) is 3.12. The number of hydrogen-bond acceptors (Lipinski definition) is 1. The van der Waals surface area contributed by atoms with E-state index in [0.29, 0.717) is 5.92 Å². The van der Waals surface area contributed by atoms with Crippen molar-refractivity contribution in [1.82, 2.24) is 0 Å². The van der Waals surface area contributed by atoms with E-state index in [1.165, 1.54) is 22.3 Å². The van der Waals surface area contributed by atoms with Crippen molar-refractivity contribution >= 4 is 5.69 Å². The van der Waals surface area contributed by atoms with Gasteiger partial charge >= 0.3 is 0 Å². The summed E-state index contributed by atoms with van der Waals surface area (Å²) in [6.07, 6.45) is 0. The van der Waals surface area contributed by atoms with Crippen molar-refractivity contribution < 1.29 is 0 Å². The summed E-state index contributed by atoms with van der Waals surface area (Å²) < 4.78 is 0. The normalized spacial score (nSPS) is 10.8. The number of benzene rings is 2. The number of anilines is 1. The van der Waals surface area contributed by atoms with E-state index in [0.717, 1.165) is 5.69 Å². The van der Waals surface area contributed by atoms with E-state index in [1.807, 2.05) is 12.1 Å². The highest BCUT2D eigenvalue weighted by molar-refractivity contribution is 5.72. The van der Waals surface area contributed by atoms with Crippen molar-refractivity contribution in [2.24, 2.45) is 0 Å². The van der Waals surface area contributed by atoms with Crippen molar-refractivity contribution in [2.75, 3.05) is 5.73 Å². The first-order chi connectivity index (χ1) is 8.09. The number of rotatable bonds is 2. The van der Waals surface area contributed by atoms with E-state index in [4.69, 9.17) is 5.73 Å². The molecule has 0 saturated heterocycles. The van der Waals surface area contributed by atoms with Crippen molar-refractivity contribution in [3.8, 4) is 11.1 Å². The molecule has 0 radical (unpaired) electrons. The largest absolute Gasteiger partial charge is 0.399 e. The molecule has 17 heavy (non-hydrogen) atoms. The predicted molar refractivity (Wildman–Crippen MR) is 75.1 cm³/mol. The van der Waals surface area contributed by atoms with E-state index in [1.54, 1.807) is 0 Å². The molecule has 0 aliphatic heterocycles. The molecule has 0 heterocycles. The zero-order valence-electron chi connectivity index (χ0n) is 10.7. The second-order valence-corrected chi connectivity index (χ2v) is 4.82. The van der Waals surface area contributed by atoms with Crippen LogP contribution in [-0.2, 0) is 0 Å². The summed E-state index contributed by atoms with van der Waals surface area (Å²) in [6.45, 7) is 6.57. The molecule has 2 aromatic rings. The fourth-order valence-corrected chi connectivity index (χ4v) is 2.23. The van der Waals surface area contributed by atoms with E-state index in [9.17, 15) is 0 Å². The monoisotopic (exact) mass is 225 g/mol. The van der Waals surface area contributed by atoms with Gasteiger partial charge in [-0.05, 0) is 47.2 Å². The molecule has 2 aromatic carbocycles. The molecule has 0 saturated carbocycles. The fourth-order valence-electron chi connectivity index (χ4n) is 2.23. The third-order valence-electron chi connectivity index (χ3n) is 3.12. The predicted octanol–water partition coefficient (Wildman–Crippen LogP) is 4.37. The van der Waals surface area contributed by atoms with Gasteiger partial charge in [-0.15, -0.1) is 0 Å². The van der Waals surface area contributed by atoms with Crippen molar-refractivity contribution in [2.45, 2.75) is 26.7 Å². The van der Waals surface area contributed by atoms with E-state index in [-0.39, 0.29) is 0 Å². The summed E-state index contributed by atoms with van der Waals surface area (Å²) in [5.74, 6) is 0.531. The molecule has 2 rings (SSSR count). The molecule has 0 atom stereocenters. The lowest BCUT2D eigenvalue weighted by molar-refractivity contribution is 0.869. The van der Waals surface area contributed by atoms with Gasteiger partial charge in [-0.3, -0.25) is 0 Å². The maximum Gasteiger partial charge on any atom is 0.0317 e. The van der Waals surface area contributed by atoms with Crippen LogP contribution in [0.2, 0.25) is 0 Å². The van der Waals surface area contributed by atoms with Gasteiger partial charge in [-0.25, -0.2) is 0 Å². The van der Waals surface area contributed by atoms with Crippen LogP contribution < -0.4 is 5.73 Å². The lowest BCUT2D eigenvalue weighted by atomic mass is 9.90. The quantitative estimate of drug-likeness (QED) is 0.755. The third kappa shape index (κ3) is 2.33. The SMILES string of the molecule is Cc1cc(N)ccc1-c1ccccc1C(C)C. The van der Waals surface area contributed by atoms with Gasteiger partial charge in [-0.1, -0.05) is 44.2 Å². The summed E-state index contributed by atoms with van der Waals surface area (Å²) in [6, 6.07) is 14.7. The lowest BCUT2D eigenvalue weighted by Crippen LogP contribution is -1.94. The highest BCUT2D eigenvalue weighted by Crippen LogP contribution is 2.31. The second kappa shape index (κ2) is 4.62. The van der Waals surface area contributed by atoms with Gasteiger partial charge in [0, 0.05) is 5.69 Å². The molecule has 1 nitrogen and oxygen atoms in total. The minimum absolute atomic E-state index is 0.531. The minimum Gasteiger partial charge on any atom is -0.399 e. The molecule has 0 bridgehead atoms. The second-order valence-electron chi connectivity index (χ2n) is 4.82. The van der Waals surface area contributed by atoms with E-state index >= 15 is 0 Å². The number of hydrogen-bond donors (Lipinski definition) is 1. The topological polar surface area (TPSA) is 26.0 Å². The van der Waals surface area contributed by atoms with Gasteiger partial charge in [0.25, 0.3) is 0 Å². The van der Waals surface area contributed by atoms with Gasteiger partial charge in [-0.2, -0.15) is 0 Å². The van der Waals surface area contributed by atoms with Crippen molar-refractivity contribution in [3.63, 3.8) is 0 Å².